The molecule has 6 nitrogen and oxygen atoms in total. The SMILES string of the molecule is Cc1noc2nc(-c3ccco3)cc(C(=O)Nc3cccc(Br)c3)c12. The van der Waals surface area contributed by atoms with Crippen molar-refractivity contribution in [1.82, 2.24) is 10.1 Å². The van der Waals surface area contributed by atoms with Crippen LogP contribution in [0.5, 0.6) is 0 Å². The number of fused-ring (bicyclic) bond motifs is 1. The van der Waals surface area contributed by atoms with E-state index in [9.17, 15) is 4.79 Å². The Morgan fingerprint density at radius 1 is 1.20 bits per heavy atom. The molecule has 0 bridgehead atoms. The van der Waals surface area contributed by atoms with Crippen molar-refractivity contribution in [2.24, 2.45) is 0 Å². The van der Waals surface area contributed by atoms with Crippen molar-refractivity contribution in [2.75, 3.05) is 5.32 Å². The van der Waals surface area contributed by atoms with Gasteiger partial charge >= 0.3 is 0 Å². The van der Waals surface area contributed by atoms with E-state index in [1.807, 2.05) is 24.3 Å². The van der Waals surface area contributed by atoms with Gasteiger partial charge in [-0.15, -0.1) is 0 Å². The number of aromatic nitrogens is 2. The molecule has 1 N–H and O–H groups in total. The smallest absolute Gasteiger partial charge is 0.259 e. The number of anilines is 1. The summed E-state index contributed by atoms with van der Waals surface area (Å²) in [5.41, 5.74) is 2.51. The standard InChI is InChI=1S/C18H12BrN3O3/c1-10-16-13(17(23)20-12-5-2-4-11(19)8-12)9-14(15-6-3-7-24-15)21-18(16)25-22-10/h2-9H,1H3,(H,20,23). The van der Waals surface area contributed by atoms with Gasteiger partial charge in [-0.1, -0.05) is 27.2 Å². The number of hydrogen-bond acceptors (Lipinski definition) is 5. The van der Waals surface area contributed by atoms with Crippen molar-refractivity contribution in [3.05, 3.63) is 64.5 Å². The van der Waals surface area contributed by atoms with Gasteiger partial charge in [-0.2, -0.15) is 0 Å². The van der Waals surface area contributed by atoms with E-state index >= 15 is 0 Å². The second-order valence-corrected chi connectivity index (χ2v) is 6.36. The first kappa shape index (κ1) is 15.6. The number of furan rings is 1. The van der Waals surface area contributed by atoms with E-state index in [1.165, 1.54) is 0 Å². The fraction of sp³-hybridized carbons (Fsp3) is 0.0556. The van der Waals surface area contributed by atoms with Gasteiger partial charge in [-0.3, -0.25) is 4.79 Å². The third-order valence-electron chi connectivity index (χ3n) is 3.72. The van der Waals surface area contributed by atoms with E-state index in [1.54, 1.807) is 31.4 Å². The number of nitrogens with zero attached hydrogens (tertiary/aromatic N) is 2. The maximum absolute atomic E-state index is 12.9. The first-order valence-corrected chi connectivity index (χ1v) is 8.29. The molecule has 4 rings (SSSR count). The summed E-state index contributed by atoms with van der Waals surface area (Å²) in [7, 11) is 0. The highest BCUT2D eigenvalue weighted by Crippen LogP contribution is 2.28. The third kappa shape index (κ3) is 2.94. The van der Waals surface area contributed by atoms with Gasteiger partial charge in [0.05, 0.1) is 22.9 Å². The van der Waals surface area contributed by atoms with E-state index in [4.69, 9.17) is 8.94 Å². The number of halogens is 1. The average Bonchev–Trinajstić information content (AvgIpc) is 3.24. The van der Waals surface area contributed by atoms with Gasteiger partial charge in [0.2, 0.25) is 0 Å². The van der Waals surface area contributed by atoms with Crippen LogP contribution in [0.2, 0.25) is 0 Å². The van der Waals surface area contributed by atoms with Crippen LogP contribution in [0, 0.1) is 6.92 Å². The summed E-state index contributed by atoms with van der Waals surface area (Å²) in [5, 5.41) is 7.40. The molecule has 0 saturated carbocycles. The van der Waals surface area contributed by atoms with Crippen molar-refractivity contribution < 1.29 is 13.7 Å². The van der Waals surface area contributed by atoms with Gasteiger partial charge in [0, 0.05) is 10.2 Å². The maximum Gasteiger partial charge on any atom is 0.259 e. The summed E-state index contributed by atoms with van der Waals surface area (Å²) in [5.74, 6) is 0.275. The highest BCUT2D eigenvalue weighted by molar-refractivity contribution is 9.10. The number of carbonyl (C=O) groups excluding carboxylic acids is 1. The number of aryl methyl sites for hydroxylation is 1. The van der Waals surface area contributed by atoms with E-state index in [2.05, 4.69) is 31.4 Å². The minimum absolute atomic E-state index is 0.274. The zero-order valence-electron chi connectivity index (χ0n) is 13.1. The first-order chi connectivity index (χ1) is 12.1. The van der Waals surface area contributed by atoms with E-state index in [-0.39, 0.29) is 5.91 Å². The fourth-order valence-corrected chi connectivity index (χ4v) is 2.99. The molecule has 0 aliphatic carbocycles. The quantitative estimate of drug-likeness (QED) is 0.536. The Bertz CT molecular complexity index is 1070. The number of amides is 1. The van der Waals surface area contributed by atoms with Crippen LogP contribution in [0.15, 0.2) is 62.1 Å². The summed E-state index contributed by atoms with van der Waals surface area (Å²) >= 11 is 3.39. The van der Waals surface area contributed by atoms with Gasteiger partial charge in [0.25, 0.3) is 11.6 Å². The number of carbonyl (C=O) groups is 1. The second-order valence-electron chi connectivity index (χ2n) is 5.44. The van der Waals surface area contributed by atoms with Crippen LogP contribution in [-0.2, 0) is 0 Å². The molecule has 1 amide bonds. The van der Waals surface area contributed by atoms with Crippen molar-refractivity contribution in [1.29, 1.82) is 0 Å². The minimum Gasteiger partial charge on any atom is -0.463 e. The molecule has 0 aliphatic heterocycles. The Labute approximate surface area is 151 Å². The summed E-state index contributed by atoms with van der Waals surface area (Å²) in [4.78, 5) is 17.2. The molecule has 1 aromatic carbocycles. The largest absolute Gasteiger partial charge is 0.463 e. The number of hydrogen-bond donors (Lipinski definition) is 1. The molecule has 0 fully saturated rings. The van der Waals surface area contributed by atoms with Crippen molar-refractivity contribution in [3.63, 3.8) is 0 Å². The highest BCUT2D eigenvalue weighted by atomic mass is 79.9. The summed E-state index contributed by atoms with van der Waals surface area (Å²) in [6, 6.07) is 12.6. The number of nitrogens with one attached hydrogen (secondary N) is 1. The second kappa shape index (κ2) is 6.18. The Morgan fingerprint density at radius 2 is 2.08 bits per heavy atom. The van der Waals surface area contributed by atoms with Gasteiger partial charge < -0.3 is 14.3 Å². The fourth-order valence-electron chi connectivity index (χ4n) is 2.59. The molecule has 0 unspecified atom stereocenters. The zero-order chi connectivity index (χ0) is 17.4. The predicted molar refractivity (Wildman–Crippen MR) is 96.3 cm³/mol. The van der Waals surface area contributed by atoms with E-state index < -0.39 is 0 Å². The van der Waals surface area contributed by atoms with Gasteiger partial charge in [-0.05, 0) is 43.3 Å². The lowest BCUT2D eigenvalue weighted by Gasteiger charge is -2.08. The van der Waals surface area contributed by atoms with Crippen LogP contribution in [-0.4, -0.2) is 16.0 Å². The normalized spacial score (nSPS) is 11.0. The van der Waals surface area contributed by atoms with Crippen LogP contribution < -0.4 is 5.32 Å². The molecule has 4 aromatic rings. The Hall–Kier alpha value is -2.93. The van der Waals surface area contributed by atoms with E-state index in [0.29, 0.717) is 39.5 Å². The van der Waals surface area contributed by atoms with Gasteiger partial charge in [0.1, 0.15) is 5.69 Å². The monoisotopic (exact) mass is 397 g/mol. The molecular weight excluding hydrogens is 386 g/mol. The van der Waals surface area contributed by atoms with Crippen LogP contribution >= 0.6 is 15.9 Å². The minimum atomic E-state index is -0.274. The first-order valence-electron chi connectivity index (χ1n) is 7.49. The maximum atomic E-state index is 12.9. The average molecular weight is 398 g/mol. The van der Waals surface area contributed by atoms with Crippen molar-refractivity contribution in [2.45, 2.75) is 6.92 Å². The molecule has 124 valence electrons. The Kier molecular flexibility index (Phi) is 3.85. The molecule has 3 aromatic heterocycles. The highest BCUT2D eigenvalue weighted by Gasteiger charge is 2.20. The van der Waals surface area contributed by atoms with Crippen LogP contribution in [0.4, 0.5) is 5.69 Å². The molecule has 0 atom stereocenters. The Balaban J connectivity index is 1.81. The lowest BCUT2D eigenvalue weighted by atomic mass is 10.1. The predicted octanol–water partition coefficient (Wildman–Crippen LogP) is 4.81. The summed E-state index contributed by atoms with van der Waals surface area (Å²) in [6.45, 7) is 1.77. The molecule has 25 heavy (non-hydrogen) atoms. The van der Waals surface area contributed by atoms with Gasteiger partial charge in [0.15, 0.2) is 5.76 Å². The zero-order valence-corrected chi connectivity index (χ0v) is 14.7. The molecule has 0 aliphatic rings. The molecule has 0 saturated heterocycles. The van der Waals surface area contributed by atoms with Crippen molar-refractivity contribution >= 4 is 38.6 Å². The van der Waals surface area contributed by atoms with Crippen LogP contribution in [0.1, 0.15) is 16.1 Å². The van der Waals surface area contributed by atoms with Crippen LogP contribution in [0.25, 0.3) is 22.6 Å². The van der Waals surface area contributed by atoms with Crippen LogP contribution in [0.3, 0.4) is 0 Å². The third-order valence-corrected chi connectivity index (χ3v) is 4.21. The molecule has 0 radical (unpaired) electrons. The molecule has 3 heterocycles. The van der Waals surface area contributed by atoms with Crippen molar-refractivity contribution in [3.8, 4) is 11.5 Å². The summed E-state index contributed by atoms with van der Waals surface area (Å²) < 4.78 is 11.5. The molecule has 0 spiro atoms. The Morgan fingerprint density at radius 3 is 2.84 bits per heavy atom. The topological polar surface area (TPSA) is 81.2 Å². The number of benzene rings is 1. The lowest BCUT2D eigenvalue weighted by molar-refractivity contribution is 0.102. The van der Waals surface area contributed by atoms with E-state index in [0.717, 1.165) is 4.47 Å². The summed E-state index contributed by atoms with van der Waals surface area (Å²) in [6.07, 6.45) is 1.55. The molecular formula is C18H12BrN3O3. The number of rotatable bonds is 3. The lowest BCUT2D eigenvalue weighted by Crippen LogP contribution is -2.13. The number of pyridine rings is 1. The molecule has 7 heteroatoms. The van der Waals surface area contributed by atoms with Gasteiger partial charge in [-0.25, -0.2) is 4.98 Å².